The first-order valence-corrected chi connectivity index (χ1v) is 4.67. The molecule has 6 heteroatoms. The number of hydrogen-bond acceptors (Lipinski definition) is 3. The van der Waals surface area contributed by atoms with Crippen LogP contribution in [0.15, 0.2) is 35.1 Å². The summed E-state index contributed by atoms with van der Waals surface area (Å²) >= 11 is 0. The summed E-state index contributed by atoms with van der Waals surface area (Å²) < 4.78 is 12.7. The van der Waals surface area contributed by atoms with Gasteiger partial charge in [-0.1, -0.05) is 0 Å². The highest BCUT2D eigenvalue weighted by Crippen LogP contribution is 2.14. The molecule has 5 nitrogen and oxygen atoms in total. The van der Waals surface area contributed by atoms with Crippen LogP contribution in [0.3, 0.4) is 0 Å². The first kappa shape index (κ1) is 11.0. The summed E-state index contributed by atoms with van der Waals surface area (Å²) in [5.74, 6) is -1.79. The molecular formula is C11H7FN2O3. The molecular weight excluding hydrogens is 227 g/mol. The Kier molecular flexibility index (Phi) is 2.70. The Morgan fingerprint density at radius 3 is 2.47 bits per heavy atom. The topological polar surface area (TPSA) is 83.0 Å². The third-order valence-electron chi connectivity index (χ3n) is 2.15. The molecule has 1 heterocycles. The number of H-pyrrole nitrogens is 1. The van der Waals surface area contributed by atoms with Crippen molar-refractivity contribution in [3.63, 3.8) is 0 Å². The molecule has 1 aromatic carbocycles. The van der Waals surface area contributed by atoms with Crippen molar-refractivity contribution in [1.82, 2.24) is 10.2 Å². The van der Waals surface area contributed by atoms with Crippen LogP contribution in [-0.4, -0.2) is 21.3 Å². The maximum Gasteiger partial charge on any atom is 0.360 e. The predicted octanol–water partition coefficient (Wildman–Crippen LogP) is 1.27. The Hall–Kier alpha value is -2.50. The monoisotopic (exact) mass is 234 g/mol. The number of carbonyl (C=O) groups is 1. The fourth-order valence-electron chi connectivity index (χ4n) is 1.33. The van der Waals surface area contributed by atoms with Gasteiger partial charge in [-0.15, -0.1) is 0 Å². The molecule has 0 amide bonds. The quantitative estimate of drug-likeness (QED) is 0.819. The van der Waals surface area contributed by atoms with E-state index in [0.29, 0.717) is 11.3 Å². The lowest BCUT2D eigenvalue weighted by molar-refractivity contribution is 0.0687. The number of carboxylic acids is 1. The Balaban J connectivity index is 2.48. The molecule has 2 aromatic rings. The van der Waals surface area contributed by atoms with Gasteiger partial charge in [-0.3, -0.25) is 9.89 Å². The molecule has 0 fully saturated rings. The van der Waals surface area contributed by atoms with Crippen LogP contribution in [0.25, 0.3) is 11.3 Å². The van der Waals surface area contributed by atoms with Gasteiger partial charge in [0.1, 0.15) is 5.82 Å². The van der Waals surface area contributed by atoms with Crippen LogP contribution < -0.4 is 5.43 Å². The summed E-state index contributed by atoms with van der Waals surface area (Å²) in [5, 5.41) is 14.5. The molecule has 0 aliphatic heterocycles. The lowest BCUT2D eigenvalue weighted by Gasteiger charge is -2.01. The minimum atomic E-state index is -1.39. The highest BCUT2D eigenvalue weighted by molar-refractivity contribution is 5.85. The summed E-state index contributed by atoms with van der Waals surface area (Å²) in [6.07, 6.45) is 0. The van der Waals surface area contributed by atoms with Gasteiger partial charge in [0, 0.05) is 6.07 Å². The lowest BCUT2D eigenvalue weighted by Crippen LogP contribution is -2.17. The SMILES string of the molecule is O=C(O)c1n[nH]c(-c2ccc(F)cc2)cc1=O. The number of benzene rings is 1. The third kappa shape index (κ3) is 2.20. The molecule has 17 heavy (non-hydrogen) atoms. The molecule has 2 N–H and O–H groups in total. The highest BCUT2D eigenvalue weighted by Gasteiger charge is 2.11. The van der Waals surface area contributed by atoms with Crippen molar-refractivity contribution in [3.05, 3.63) is 52.1 Å². The maximum absolute atomic E-state index is 12.7. The van der Waals surface area contributed by atoms with Crippen LogP contribution in [0.5, 0.6) is 0 Å². The van der Waals surface area contributed by atoms with E-state index in [-0.39, 0.29) is 0 Å². The van der Waals surface area contributed by atoms with E-state index in [1.54, 1.807) is 0 Å². The van der Waals surface area contributed by atoms with Crippen LogP contribution in [0.4, 0.5) is 4.39 Å². The van der Waals surface area contributed by atoms with Crippen LogP contribution in [0.1, 0.15) is 10.5 Å². The van der Waals surface area contributed by atoms with E-state index in [1.165, 1.54) is 24.3 Å². The number of carboxylic acid groups (broad SMARTS) is 1. The van der Waals surface area contributed by atoms with Crippen molar-refractivity contribution >= 4 is 5.97 Å². The Labute approximate surface area is 94.5 Å². The zero-order valence-electron chi connectivity index (χ0n) is 8.48. The first-order chi connectivity index (χ1) is 8.08. The Morgan fingerprint density at radius 1 is 1.29 bits per heavy atom. The summed E-state index contributed by atoms with van der Waals surface area (Å²) in [4.78, 5) is 22.0. The number of nitrogens with one attached hydrogen (secondary N) is 1. The molecule has 0 aliphatic rings. The molecule has 0 unspecified atom stereocenters. The van der Waals surface area contributed by atoms with Gasteiger partial charge in [0.05, 0.1) is 5.69 Å². The third-order valence-corrected chi connectivity index (χ3v) is 2.15. The zero-order valence-corrected chi connectivity index (χ0v) is 8.48. The molecule has 0 saturated heterocycles. The van der Waals surface area contributed by atoms with Gasteiger partial charge in [-0.05, 0) is 29.8 Å². The van der Waals surface area contributed by atoms with Crippen molar-refractivity contribution in [1.29, 1.82) is 0 Å². The van der Waals surface area contributed by atoms with Crippen molar-refractivity contribution in [2.45, 2.75) is 0 Å². The maximum atomic E-state index is 12.7. The summed E-state index contributed by atoms with van der Waals surface area (Å²) in [6, 6.07) is 6.51. The second-order valence-electron chi connectivity index (χ2n) is 3.31. The number of aromatic amines is 1. The van der Waals surface area contributed by atoms with E-state index in [9.17, 15) is 14.0 Å². The Bertz CT molecular complexity index is 619. The van der Waals surface area contributed by atoms with Gasteiger partial charge >= 0.3 is 5.97 Å². The molecule has 0 radical (unpaired) electrons. The van der Waals surface area contributed by atoms with E-state index >= 15 is 0 Å². The van der Waals surface area contributed by atoms with Crippen LogP contribution in [0, 0.1) is 5.82 Å². The van der Waals surface area contributed by atoms with E-state index in [0.717, 1.165) is 6.07 Å². The van der Waals surface area contributed by atoms with Gasteiger partial charge < -0.3 is 5.11 Å². The van der Waals surface area contributed by atoms with E-state index in [4.69, 9.17) is 5.11 Å². The van der Waals surface area contributed by atoms with Crippen molar-refractivity contribution in [2.24, 2.45) is 0 Å². The molecule has 2 rings (SSSR count). The van der Waals surface area contributed by atoms with Crippen molar-refractivity contribution in [2.75, 3.05) is 0 Å². The Morgan fingerprint density at radius 2 is 1.94 bits per heavy atom. The van der Waals surface area contributed by atoms with E-state index in [2.05, 4.69) is 10.2 Å². The lowest BCUT2D eigenvalue weighted by atomic mass is 10.1. The standard InChI is InChI=1S/C11H7FN2O3/c12-7-3-1-6(2-4-7)8-5-9(15)10(11(16)17)14-13-8/h1-5H,(H,13,15)(H,16,17). The number of hydrogen-bond donors (Lipinski definition) is 2. The van der Waals surface area contributed by atoms with Crippen molar-refractivity contribution < 1.29 is 14.3 Å². The van der Waals surface area contributed by atoms with Crippen molar-refractivity contribution in [3.8, 4) is 11.3 Å². The van der Waals surface area contributed by atoms with Gasteiger partial charge in [-0.25, -0.2) is 9.18 Å². The number of aromatic nitrogens is 2. The van der Waals surface area contributed by atoms with Crippen LogP contribution in [-0.2, 0) is 0 Å². The number of nitrogens with zero attached hydrogens (tertiary/aromatic N) is 1. The minimum absolute atomic E-state index is 0.333. The largest absolute Gasteiger partial charge is 0.476 e. The van der Waals surface area contributed by atoms with Gasteiger partial charge in [0.15, 0.2) is 0 Å². The van der Waals surface area contributed by atoms with Gasteiger partial charge in [0.2, 0.25) is 11.1 Å². The molecule has 0 saturated carbocycles. The van der Waals surface area contributed by atoms with Gasteiger partial charge in [0.25, 0.3) is 0 Å². The molecule has 1 aromatic heterocycles. The van der Waals surface area contributed by atoms with Crippen LogP contribution >= 0.6 is 0 Å². The minimum Gasteiger partial charge on any atom is -0.476 e. The molecule has 0 spiro atoms. The molecule has 0 aliphatic carbocycles. The molecule has 0 bridgehead atoms. The normalized spacial score (nSPS) is 10.2. The van der Waals surface area contributed by atoms with E-state index in [1.807, 2.05) is 0 Å². The van der Waals surface area contributed by atoms with Gasteiger partial charge in [-0.2, -0.15) is 5.10 Å². The molecule has 0 atom stereocenters. The fourth-order valence-corrected chi connectivity index (χ4v) is 1.33. The smallest absolute Gasteiger partial charge is 0.360 e. The summed E-state index contributed by atoms with van der Waals surface area (Å²) in [6.45, 7) is 0. The second kappa shape index (κ2) is 4.17. The van der Waals surface area contributed by atoms with E-state index < -0.39 is 22.9 Å². The number of aromatic carboxylic acids is 1. The molecule has 86 valence electrons. The summed E-state index contributed by atoms with van der Waals surface area (Å²) in [5.41, 5.74) is -0.389. The summed E-state index contributed by atoms with van der Waals surface area (Å²) in [7, 11) is 0. The number of halogens is 1. The average molecular weight is 234 g/mol. The van der Waals surface area contributed by atoms with Crippen LogP contribution in [0.2, 0.25) is 0 Å². The first-order valence-electron chi connectivity index (χ1n) is 4.67. The highest BCUT2D eigenvalue weighted by atomic mass is 19.1. The average Bonchev–Trinajstić information content (AvgIpc) is 2.29. The fraction of sp³-hybridized carbons (Fsp3) is 0. The number of rotatable bonds is 2. The predicted molar refractivity (Wildman–Crippen MR) is 57.2 cm³/mol. The second-order valence-corrected chi connectivity index (χ2v) is 3.31. The zero-order chi connectivity index (χ0) is 12.4.